The molecule has 0 bridgehead atoms. The van der Waals surface area contributed by atoms with Crippen molar-refractivity contribution in [1.29, 1.82) is 0 Å². The zero-order chi connectivity index (χ0) is 12.0. The van der Waals surface area contributed by atoms with E-state index in [1.54, 1.807) is 7.11 Å². The van der Waals surface area contributed by atoms with E-state index >= 15 is 0 Å². The standard InChI is InChI=1S/C14H22O2/c1-11(2)9-13(15)8-7-12-5-4-6-14(10-12)16-3/h4-6,10-11,13,15H,7-9H2,1-3H3. The Bertz CT molecular complexity index is 307. The van der Waals surface area contributed by atoms with E-state index in [2.05, 4.69) is 19.9 Å². The maximum absolute atomic E-state index is 9.78. The molecule has 1 N–H and O–H groups in total. The number of aryl methyl sites for hydroxylation is 1. The second-order valence-electron chi connectivity index (χ2n) is 4.67. The highest BCUT2D eigenvalue weighted by Crippen LogP contribution is 2.16. The number of hydrogen-bond acceptors (Lipinski definition) is 2. The Hall–Kier alpha value is -1.02. The van der Waals surface area contributed by atoms with Crippen LogP contribution in [0.5, 0.6) is 5.75 Å². The van der Waals surface area contributed by atoms with Crippen LogP contribution in [0.3, 0.4) is 0 Å². The molecule has 16 heavy (non-hydrogen) atoms. The van der Waals surface area contributed by atoms with Crippen LogP contribution in [0.25, 0.3) is 0 Å². The van der Waals surface area contributed by atoms with E-state index in [1.807, 2.05) is 18.2 Å². The first kappa shape index (κ1) is 13.0. The van der Waals surface area contributed by atoms with Crippen LogP contribution in [0.15, 0.2) is 24.3 Å². The van der Waals surface area contributed by atoms with Gasteiger partial charge in [-0.05, 0) is 42.9 Å². The van der Waals surface area contributed by atoms with Gasteiger partial charge >= 0.3 is 0 Å². The van der Waals surface area contributed by atoms with E-state index in [0.29, 0.717) is 5.92 Å². The predicted molar refractivity (Wildman–Crippen MR) is 66.8 cm³/mol. The van der Waals surface area contributed by atoms with Crippen molar-refractivity contribution in [2.75, 3.05) is 7.11 Å². The van der Waals surface area contributed by atoms with E-state index in [0.717, 1.165) is 25.0 Å². The highest BCUT2D eigenvalue weighted by atomic mass is 16.5. The molecule has 2 nitrogen and oxygen atoms in total. The summed E-state index contributed by atoms with van der Waals surface area (Å²) in [6.45, 7) is 4.27. The van der Waals surface area contributed by atoms with Gasteiger partial charge in [-0.15, -0.1) is 0 Å². The first-order valence-corrected chi connectivity index (χ1v) is 5.92. The number of aliphatic hydroxyl groups is 1. The van der Waals surface area contributed by atoms with Gasteiger partial charge in [0.25, 0.3) is 0 Å². The molecular weight excluding hydrogens is 200 g/mol. The van der Waals surface area contributed by atoms with Gasteiger partial charge in [0, 0.05) is 0 Å². The van der Waals surface area contributed by atoms with E-state index in [9.17, 15) is 5.11 Å². The lowest BCUT2D eigenvalue weighted by Gasteiger charge is -2.13. The van der Waals surface area contributed by atoms with Crippen LogP contribution in [-0.2, 0) is 6.42 Å². The lowest BCUT2D eigenvalue weighted by atomic mass is 10.00. The molecule has 1 aromatic carbocycles. The third kappa shape index (κ3) is 4.67. The van der Waals surface area contributed by atoms with Crippen molar-refractivity contribution in [2.45, 2.75) is 39.2 Å². The van der Waals surface area contributed by atoms with Gasteiger partial charge < -0.3 is 9.84 Å². The third-order valence-corrected chi connectivity index (χ3v) is 2.64. The summed E-state index contributed by atoms with van der Waals surface area (Å²) in [5.41, 5.74) is 1.22. The molecule has 0 heterocycles. The normalized spacial score (nSPS) is 12.8. The fourth-order valence-electron chi connectivity index (χ4n) is 1.82. The van der Waals surface area contributed by atoms with Crippen molar-refractivity contribution in [2.24, 2.45) is 5.92 Å². The zero-order valence-corrected chi connectivity index (χ0v) is 10.4. The number of ether oxygens (including phenoxy) is 1. The van der Waals surface area contributed by atoms with Crippen molar-refractivity contribution < 1.29 is 9.84 Å². The minimum atomic E-state index is -0.189. The summed E-state index contributed by atoms with van der Waals surface area (Å²) in [4.78, 5) is 0. The van der Waals surface area contributed by atoms with Gasteiger partial charge in [0.05, 0.1) is 13.2 Å². The van der Waals surface area contributed by atoms with Crippen molar-refractivity contribution in [3.63, 3.8) is 0 Å². The molecule has 0 aromatic heterocycles. The smallest absolute Gasteiger partial charge is 0.119 e. The molecule has 0 aliphatic carbocycles. The average Bonchev–Trinajstić information content (AvgIpc) is 2.26. The Kier molecular flexibility index (Phi) is 5.33. The molecule has 1 atom stereocenters. The molecule has 0 radical (unpaired) electrons. The first-order valence-electron chi connectivity index (χ1n) is 5.92. The molecule has 0 amide bonds. The lowest BCUT2D eigenvalue weighted by molar-refractivity contribution is 0.139. The molecule has 0 aliphatic rings. The summed E-state index contributed by atoms with van der Waals surface area (Å²) in [5, 5.41) is 9.78. The molecular formula is C14H22O2. The Balaban J connectivity index is 2.41. The van der Waals surface area contributed by atoms with Gasteiger partial charge in [-0.2, -0.15) is 0 Å². The van der Waals surface area contributed by atoms with E-state index < -0.39 is 0 Å². The maximum Gasteiger partial charge on any atom is 0.119 e. The number of methoxy groups -OCH3 is 1. The summed E-state index contributed by atoms with van der Waals surface area (Å²) in [7, 11) is 1.67. The molecule has 2 heteroatoms. The van der Waals surface area contributed by atoms with Gasteiger partial charge in [-0.1, -0.05) is 26.0 Å². The SMILES string of the molecule is COc1cccc(CCC(O)CC(C)C)c1. The largest absolute Gasteiger partial charge is 0.497 e. The van der Waals surface area contributed by atoms with Gasteiger partial charge in [0.2, 0.25) is 0 Å². The molecule has 0 saturated carbocycles. The average molecular weight is 222 g/mol. The third-order valence-electron chi connectivity index (χ3n) is 2.64. The number of aliphatic hydroxyl groups excluding tert-OH is 1. The Morgan fingerprint density at radius 2 is 2.06 bits per heavy atom. The van der Waals surface area contributed by atoms with E-state index in [4.69, 9.17) is 4.74 Å². The number of hydrogen-bond donors (Lipinski definition) is 1. The van der Waals surface area contributed by atoms with Gasteiger partial charge in [0.15, 0.2) is 0 Å². The Morgan fingerprint density at radius 1 is 1.31 bits per heavy atom. The number of rotatable bonds is 6. The van der Waals surface area contributed by atoms with Crippen LogP contribution in [0, 0.1) is 5.92 Å². The Morgan fingerprint density at radius 3 is 2.69 bits per heavy atom. The Labute approximate surface area is 98.3 Å². The molecule has 0 fully saturated rings. The molecule has 0 saturated heterocycles. The minimum Gasteiger partial charge on any atom is -0.497 e. The van der Waals surface area contributed by atoms with E-state index in [1.165, 1.54) is 5.56 Å². The van der Waals surface area contributed by atoms with Crippen molar-refractivity contribution in [3.05, 3.63) is 29.8 Å². The monoisotopic (exact) mass is 222 g/mol. The fourth-order valence-corrected chi connectivity index (χ4v) is 1.82. The summed E-state index contributed by atoms with van der Waals surface area (Å²) in [6, 6.07) is 8.03. The van der Waals surface area contributed by atoms with Gasteiger partial charge in [-0.25, -0.2) is 0 Å². The van der Waals surface area contributed by atoms with Crippen LogP contribution in [0.4, 0.5) is 0 Å². The lowest BCUT2D eigenvalue weighted by Crippen LogP contribution is -2.11. The highest BCUT2D eigenvalue weighted by Gasteiger charge is 2.07. The summed E-state index contributed by atoms with van der Waals surface area (Å²) < 4.78 is 5.16. The molecule has 1 aromatic rings. The zero-order valence-electron chi connectivity index (χ0n) is 10.4. The van der Waals surface area contributed by atoms with Gasteiger partial charge in [0.1, 0.15) is 5.75 Å². The minimum absolute atomic E-state index is 0.189. The second-order valence-corrected chi connectivity index (χ2v) is 4.67. The molecule has 90 valence electrons. The van der Waals surface area contributed by atoms with E-state index in [-0.39, 0.29) is 6.10 Å². The predicted octanol–water partition coefficient (Wildman–Crippen LogP) is 3.03. The van der Waals surface area contributed by atoms with Crippen LogP contribution < -0.4 is 4.74 Å². The fraction of sp³-hybridized carbons (Fsp3) is 0.571. The maximum atomic E-state index is 9.78. The van der Waals surface area contributed by atoms with Crippen molar-refractivity contribution >= 4 is 0 Å². The molecule has 0 spiro atoms. The summed E-state index contributed by atoms with van der Waals surface area (Å²) in [5.74, 6) is 1.44. The topological polar surface area (TPSA) is 29.5 Å². The van der Waals surface area contributed by atoms with Crippen LogP contribution >= 0.6 is 0 Å². The van der Waals surface area contributed by atoms with Gasteiger partial charge in [-0.3, -0.25) is 0 Å². The van der Waals surface area contributed by atoms with Crippen molar-refractivity contribution in [3.8, 4) is 5.75 Å². The molecule has 1 unspecified atom stereocenters. The summed E-state index contributed by atoms with van der Waals surface area (Å²) >= 11 is 0. The van der Waals surface area contributed by atoms with Crippen molar-refractivity contribution in [1.82, 2.24) is 0 Å². The number of benzene rings is 1. The molecule has 1 rings (SSSR count). The quantitative estimate of drug-likeness (QED) is 0.801. The van der Waals surface area contributed by atoms with Crippen LogP contribution in [0.2, 0.25) is 0 Å². The molecule has 0 aliphatic heterocycles. The first-order chi connectivity index (χ1) is 7.61. The van der Waals surface area contributed by atoms with Crippen LogP contribution in [-0.4, -0.2) is 18.3 Å². The highest BCUT2D eigenvalue weighted by molar-refractivity contribution is 5.28. The summed E-state index contributed by atoms with van der Waals surface area (Å²) in [6.07, 6.45) is 2.42. The van der Waals surface area contributed by atoms with Crippen LogP contribution in [0.1, 0.15) is 32.3 Å². The second kappa shape index (κ2) is 6.54.